The van der Waals surface area contributed by atoms with Gasteiger partial charge in [-0.15, -0.1) is 0 Å². The van der Waals surface area contributed by atoms with E-state index in [1.165, 1.54) is 11.3 Å². The third-order valence-electron chi connectivity index (χ3n) is 3.10. The molecule has 0 fully saturated rings. The minimum atomic E-state index is 0.0684. The van der Waals surface area contributed by atoms with Crippen molar-refractivity contribution in [1.29, 1.82) is 0 Å². The molecular formula is C14H20N4OS. The van der Waals surface area contributed by atoms with Gasteiger partial charge in [0.15, 0.2) is 5.13 Å². The van der Waals surface area contributed by atoms with Crippen LogP contribution in [0.2, 0.25) is 0 Å². The molecule has 0 spiro atoms. The number of benzene rings is 1. The monoisotopic (exact) mass is 292 g/mol. The Morgan fingerprint density at radius 2 is 2.20 bits per heavy atom. The molecule has 0 unspecified atom stereocenters. The first-order valence-corrected chi connectivity index (χ1v) is 7.63. The highest BCUT2D eigenvalue weighted by Crippen LogP contribution is 2.30. The molecule has 20 heavy (non-hydrogen) atoms. The highest BCUT2D eigenvalue weighted by atomic mass is 32.1. The average molecular weight is 292 g/mol. The number of aromatic nitrogens is 1. The zero-order valence-electron chi connectivity index (χ0n) is 11.8. The summed E-state index contributed by atoms with van der Waals surface area (Å²) in [5.74, 6) is 5.45. The van der Waals surface area contributed by atoms with Gasteiger partial charge in [0, 0.05) is 12.1 Å². The van der Waals surface area contributed by atoms with Gasteiger partial charge in [0.2, 0.25) is 5.91 Å². The van der Waals surface area contributed by atoms with Gasteiger partial charge >= 0.3 is 0 Å². The number of nitrogens with zero attached hydrogens (tertiary/aromatic N) is 1. The number of fused-ring (bicyclic) bond motifs is 1. The van der Waals surface area contributed by atoms with Crippen molar-refractivity contribution in [3.63, 3.8) is 0 Å². The maximum absolute atomic E-state index is 11.8. The molecule has 1 heterocycles. The molecule has 0 atom stereocenters. The summed E-state index contributed by atoms with van der Waals surface area (Å²) in [5.41, 5.74) is 5.34. The van der Waals surface area contributed by atoms with Gasteiger partial charge in [-0.25, -0.2) is 10.8 Å². The molecule has 0 radical (unpaired) electrons. The predicted molar refractivity (Wildman–Crippen MR) is 84.9 cm³/mol. The second kappa shape index (κ2) is 6.67. The summed E-state index contributed by atoms with van der Waals surface area (Å²) < 4.78 is 1.02. The number of hydrogen-bond donors (Lipinski definition) is 3. The van der Waals surface area contributed by atoms with Gasteiger partial charge in [-0.1, -0.05) is 31.1 Å². The molecule has 1 aromatic carbocycles. The number of anilines is 2. The van der Waals surface area contributed by atoms with Gasteiger partial charge in [-0.05, 0) is 31.0 Å². The van der Waals surface area contributed by atoms with Gasteiger partial charge in [0.05, 0.1) is 10.2 Å². The minimum Gasteiger partial charge on any atom is -0.326 e. The molecule has 6 heteroatoms. The Morgan fingerprint density at radius 1 is 1.40 bits per heavy atom. The lowest BCUT2D eigenvalue weighted by Crippen LogP contribution is -2.11. The third-order valence-corrected chi connectivity index (χ3v) is 4.03. The number of unbranched alkanes of at least 4 members (excludes halogenated alkanes) is 2. The van der Waals surface area contributed by atoms with E-state index in [9.17, 15) is 4.79 Å². The fourth-order valence-corrected chi connectivity index (χ4v) is 2.98. The molecule has 4 N–H and O–H groups in total. The molecule has 2 rings (SSSR count). The third kappa shape index (κ3) is 3.46. The minimum absolute atomic E-state index is 0.0684. The maximum Gasteiger partial charge on any atom is 0.224 e. The Hall–Kier alpha value is -1.66. The highest BCUT2D eigenvalue weighted by molar-refractivity contribution is 7.22. The molecular weight excluding hydrogens is 272 g/mol. The SMILES string of the molecule is CCCCCC(=O)Nc1cc(C)c2nc(NN)sc2c1. The van der Waals surface area contributed by atoms with E-state index in [1.54, 1.807) is 0 Å². The van der Waals surface area contributed by atoms with Gasteiger partial charge in [-0.2, -0.15) is 0 Å². The van der Waals surface area contributed by atoms with E-state index in [0.717, 1.165) is 40.7 Å². The number of nitrogen functional groups attached to an aromatic ring is 1. The van der Waals surface area contributed by atoms with Crippen LogP contribution >= 0.6 is 11.3 Å². The van der Waals surface area contributed by atoms with Crippen molar-refractivity contribution in [2.45, 2.75) is 39.5 Å². The molecule has 0 bridgehead atoms. The highest BCUT2D eigenvalue weighted by Gasteiger charge is 2.09. The lowest BCUT2D eigenvalue weighted by atomic mass is 10.1. The number of thiazole rings is 1. The van der Waals surface area contributed by atoms with Crippen LogP contribution < -0.4 is 16.6 Å². The van der Waals surface area contributed by atoms with Crippen molar-refractivity contribution in [2.24, 2.45) is 5.84 Å². The molecule has 1 amide bonds. The van der Waals surface area contributed by atoms with E-state index >= 15 is 0 Å². The van der Waals surface area contributed by atoms with Crippen LogP contribution in [0.1, 0.15) is 38.2 Å². The Kier molecular flexibility index (Phi) is 4.92. The summed E-state index contributed by atoms with van der Waals surface area (Å²) in [7, 11) is 0. The standard InChI is InChI=1S/C14H20N4OS/c1-3-4-5-6-12(19)16-10-7-9(2)13-11(8-10)20-14(17-13)18-15/h7-8H,3-6,15H2,1-2H3,(H,16,19)(H,17,18). The van der Waals surface area contributed by atoms with Crippen LogP contribution in [0.3, 0.4) is 0 Å². The summed E-state index contributed by atoms with van der Waals surface area (Å²) in [6.45, 7) is 4.11. The van der Waals surface area contributed by atoms with Crippen LogP contribution in [0.4, 0.5) is 10.8 Å². The largest absolute Gasteiger partial charge is 0.326 e. The number of amides is 1. The zero-order valence-corrected chi connectivity index (χ0v) is 12.6. The Balaban J connectivity index is 2.12. The fourth-order valence-electron chi connectivity index (χ4n) is 2.09. The number of hydrogen-bond acceptors (Lipinski definition) is 5. The van der Waals surface area contributed by atoms with E-state index in [0.29, 0.717) is 11.6 Å². The topological polar surface area (TPSA) is 80.0 Å². The van der Waals surface area contributed by atoms with Crippen molar-refractivity contribution >= 4 is 38.3 Å². The van der Waals surface area contributed by atoms with Crippen LogP contribution in [0.25, 0.3) is 10.2 Å². The predicted octanol–water partition coefficient (Wildman–Crippen LogP) is 3.41. The molecule has 0 aliphatic rings. The van der Waals surface area contributed by atoms with Gasteiger partial charge in [0.1, 0.15) is 0 Å². The first kappa shape index (κ1) is 14.7. The molecule has 2 aromatic rings. The first-order chi connectivity index (χ1) is 9.63. The van der Waals surface area contributed by atoms with Crippen molar-refractivity contribution in [2.75, 3.05) is 10.7 Å². The van der Waals surface area contributed by atoms with Crippen LogP contribution in [0.5, 0.6) is 0 Å². The van der Waals surface area contributed by atoms with Gasteiger partial charge < -0.3 is 5.32 Å². The van der Waals surface area contributed by atoms with E-state index in [2.05, 4.69) is 22.7 Å². The molecule has 0 saturated heterocycles. The fraction of sp³-hybridized carbons (Fsp3) is 0.429. The van der Waals surface area contributed by atoms with Gasteiger partial charge in [-0.3, -0.25) is 10.2 Å². The van der Waals surface area contributed by atoms with Crippen LogP contribution in [0, 0.1) is 6.92 Å². The summed E-state index contributed by atoms with van der Waals surface area (Å²) in [5, 5.41) is 3.62. The number of hydrazine groups is 1. The Labute approximate surface area is 122 Å². The number of carbonyl (C=O) groups is 1. The number of nitrogens with one attached hydrogen (secondary N) is 2. The summed E-state index contributed by atoms with van der Waals surface area (Å²) in [4.78, 5) is 16.2. The van der Waals surface area contributed by atoms with Crippen molar-refractivity contribution < 1.29 is 4.79 Å². The second-order valence-electron chi connectivity index (χ2n) is 4.81. The molecule has 0 aliphatic carbocycles. The maximum atomic E-state index is 11.8. The smallest absolute Gasteiger partial charge is 0.224 e. The lowest BCUT2D eigenvalue weighted by Gasteiger charge is -2.06. The Morgan fingerprint density at radius 3 is 2.90 bits per heavy atom. The van der Waals surface area contributed by atoms with Crippen molar-refractivity contribution in [3.8, 4) is 0 Å². The molecule has 1 aromatic heterocycles. The van der Waals surface area contributed by atoms with E-state index < -0.39 is 0 Å². The lowest BCUT2D eigenvalue weighted by molar-refractivity contribution is -0.116. The first-order valence-electron chi connectivity index (χ1n) is 6.81. The van der Waals surface area contributed by atoms with E-state index in [1.807, 2.05) is 19.1 Å². The number of carbonyl (C=O) groups excluding carboxylic acids is 1. The van der Waals surface area contributed by atoms with Crippen LogP contribution in [-0.4, -0.2) is 10.9 Å². The van der Waals surface area contributed by atoms with E-state index in [4.69, 9.17) is 5.84 Å². The Bertz CT molecular complexity index is 608. The quantitative estimate of drug-likeness (QED) is 0.433. The zero-order chi connectivity index (χ0) is 14.5. The van der Waals surface area contributed by atoms with Crippen LogP contribution in [0.15, 0.2) is 12.1 Å². The van der Waals surface area contributed by atoms with Gasteiger partial charge in [0.25, 0.3) is 0 Å². The second-order valence-corrected chi connectivity index (χ2v) is 5.84. The van der Waals surface area contributed by atoms with Crippen molar-refractivity contribution in [3.05, 3.63) is 17.7 Å². The number of rotatable bonds is 6. The molecule has 108 valence electrons. The number of nitrogens with two attached hydrogens (primary N) is 1. The molecule has 0 aliphatic heterocycles. The summed E-state index contributed by atoms with van der Waals surface area (Å²) >= 11 is 1.48. The van der Waals surface area contributed by atoms with Crippen molar-refractivity contribution in [1.82, 2.24) is 4.98 Å². The molecule has 0 saturated carbocycles. The normalized spacial score (nSPS) is 10.8. The van der Waals surface area contributed by atoms with E-state index in [-0.39, 0.29) is 5.91 Å². The van der Waals surface area contributed by atoms with Crippen LogP contribution in [-0.2, 0) is 4.79 Å². The number of aryl methyl sites for hydroxylation is 1. The average Bonchev–Trinajstić information content (AvgIpc) is 2.82. The summed E-state index contributed by atoms with van der Waals surface area (Å²) in [6.07, 6.45) is 3.72. The summed E-state index contributed by atoms with van der Waals surface area (Å²) in [6, 6.07) is 3.89. The molecule has 5 nitrogen and oxygen atoms in total.